The number of hydrogen-bond donors (Lipinski definition) is 2. The molecule has 1 heterocycles. The summed E-state index contributed by atoms with van der Waals surface area (Å²) in [6.07, 6.45) is -0.303. The van der Waals surface area contributed by atoms with Gasteiger partial charge in [0.2, 0.25) is 5.91 Å². The molecule has 0 bridgehead atoms. The lowest BCUT2D eigenvalue weighted by Crippen LogP contribution is -2.46. The van der Waals surface area contributed by atoms with E-state index in [0.29, 0.717) is 19.7 Å². The van der Waals surface area contributed by atoms with Gasteiger partial charge in [-0.15, -0.1) is 0 Å². The molecule has 5 nitrogen and oxygen atoms in total. The molecule has 1 aliphatic rings. The number of morpholine rings is 1. The Hall–Kier alpha value is -1.57. The molecule has 0 saturated carbocycles. The predicted octanol–water partition coefficient (Wildman–Crippen LogP) is 0.596. The molecule has 0 radical (unpaired) electrons. The van der Waals surface area contributed by atoms with Crippen LogP contribution in [0, 0.1) is 11.6 Å². The van der Waals surface area contributed by atoms with Gasteiger partial charge in [0.05, 0.1) is 25.9 Å². The van der Waals surface area contributed by atoms with Crippen LogP contribution in [0.3, 0.4) is 0 Å². The number of carbonyl (C=O) groups excluding carboxylic acids is 1. The Morgan fingerprint density at radius 1 is 1.40 bits per heavy atom. The first-order valence-corrected chi connectivity index (χ1v) is 6.27. The zero-order valence-corrected chi connectivity index (χ0v) is 10.8. The summed E-state index contributed by atoms with van der Waals surface area (Å²) in [5.41, 5.74) is 0.0828. The maximum Gasteiger partial charge on any atom is 0.238 e. The van der Waals surface area contributed by atoms with Crippen LogP contribution in [0.2, 0.25) is 0 Å². The Morgan fingerprint density at radius 3 is 2.75 bits per heavy atom. The maximum absolute atomic E-state index is 13.0. The molecule has 0 spiro atoms. The monoisotopic (exact) mass is 286 g/mol. The number of anilines is 1. The van der Waals surface area contributed by atoms with Crippen LogP contribution in [0.25, 0.3) is 0 Å². The lowest BCUT2D eigenvalue weighted by molar-refractivity contribution is -0.120. The third-order valence-corrected chi connectivity index (χ3v) is 2.94. The highest BCUT2D eigenvalue weighted by Gasteiger charge is 2.21. The molecular weight excluding hydrogens is 270 g/mol. The molecule has 1 amide bonds. The molecular formula is C13H16F2N2O3. The summed E-state index contributed by atoms with van der Waals surface area (Å²) in [7, 11) is 0. The first-order valence-electron chi connectivity index (χ1n) is 6.27. The predicted molar refractivity (Wildman–Crippen MR) is 68.3 cm³/mol. The Bertz CT molecular complexity index is 464. The van der Waals surface area contributed by atoms with Crippen molar-refractivity contribution in [3.05, 3.63) is 29.8 Å². The van der Waals surface area contributed by atoms with E-state index in [1.807, 2.05) is 4.90 Å². The molecule has 1 aromatic rings. The SMILES string of the molecule is O=C(CN1CCOC(CO)C1)Nc1cc(F)cc(F)c1. The molecule has 1 aliphatic heterocycles. The van der Waals surface area contributed by atoms with Crippen molar-refractivity contribution in [1.29, 1.82) is 0 Å². The number of nitrogens with one attached hydrogen (secondary N) is 1. The fraction of sp³-hybridized carbons (Fsp3) is 0.462. The zero-order chi connectivity index (χ0) is 14.5. The van der Waals surface area contributed by atoms with Crippen LogP contribution < -0.4 is 5.32 Å². The van der Waals surface area contributed by atoms with Crippen molar-refractivity contribution in [3.8, 4) is 0 Å². The van der Waals surface area contributed by atoms with Gasteiger partial charge in [-0.05, 0) is 12.1 Å². The molecule has 20 heavy (non-hydrogen) atoms. The number of carbonyl (C=O) groups is 1. The van der Waals surface area contributed by atoms with E-state index in [9.17, 15) is 13.6 Å². The summed E-state index contributed by atoms with van der Waals surface area (Å²) in [5, 5.41) is 11.4. The van der Waals surface area contributed by atoms with Gasteiger partial charge >= 0.3 is 0 Å². The number of halogens is 2. The molecule has 7 heteroatoms. The fourth-order valence-electron chi connectivity index (χ4n) is 2.06. The minimum absolute atomic E-state index is 0.0813. The van der Waals surface area contributed by atoms with Crippen molar-refractivity contribution in [3.63, 3.8) is 0 Å². The first kappa shape index (κ1) is 14.8. The van der Waals surface area contributed by atoms with Crippen LogP contribution in [-0.2, 0) is 9.53 Å². The fourth-order valence-corrected chi connectivity index (χ4v) is 2.06. The number of ether oxygens (including phenoxy) is 1. The smallest absolute Gasteiger partial charge is 0.238 e. The quantitative estimate of drug-likeness (QED) is 0.851. The third kappa shape index (κ3) is 4.22. The summed E-state index contributed by atoms with van der Waals surface area (Å²) >= 11 is 0. The second-order valence-corrected chi connectivity index (χ2v) is 4.62. The van der Waals surface area contributed by atoms with Gasteiger partial charge in [-0.3, -0.25) is 9.69 Å². The van der Waals surface area contributed by atoms with Gasteiger partial charge in [0.15, 0.2) is 0 Å². The van der Waals surface area contributed by atoms with E-state index >= 15 is 0 Å². The largest absolute Gasteiger partial charge is 0.394 e. The minimum atomic E-state index is -0.744. The van der Waals surface area contributed by atoms with Crippen molar-refractivity contribution in [1.82, 2.24) is 4.90 Å². The zero-order valence-electron chi connectivity index (χ0n) is 10.8. The number of hydrogen-bond acceptors (Lipinski definition) is 4. The number of rotatable bonds is 4. The van der Waals surface area contributed by atoms with Crippen molar-refractivity contribution < 1.29 is 23.4 Å². The number of benzene rings is 1. The Labute approximate surface area is 115 Å². The summed E-state index contributed by atoms with van der Waals surface area (Å²) in [4.78, 5) is 13.6. The van der Waals surface area contributed by atoms with Gasteiger partial charge in [-0.25, -0.2) is 8.78 Å². The molecule has 110 valence electrons. The standard InChI is InChI=1S/C13H16F2N2O3/c14-9-3-10(15)5-11(4-9)16-13(19)7-17-1-2-20-12(6-17)8-18/h3-5,12,18H,1-2,6-8H2,(H,16,19). The topological polar surface area (TPSA) is 61.8 Å². The van der Waals surface area contributed by atoms with E-state index < -0.39 is 11.6 Å². The lowest BCUT2D eigenvalue weighted by Gasteiger charge is -2.31. The highest BCUT2D eigenvalue weighted by molar-refractivity contribution is 5.92. The van der Waals surface area contributed by atoms with Crippen LogP contribution in [-0.4, -0.2) is 54.9 Å². The van der Waals surface area contributed by atoms with E-state index in [1.54, 1.807) is 0 Å². The van der Waals surface area contributed by atoms with Crippen LogP contribution in [0.1, 0.15) is 0 Å². The molecule has 1 saturated heterocycles. The van der Waals surface area contributed by atoms with E-state index in [1.165, 1.54) is 0 Å². The third-order valence-electron chi connectivity index (χ3n) is 2.94. The molecule has 0 aliphatic carbocycles. The van der Waals surface area contributed by atoms with Crippen LogP contribution >= 0.6 is 0 Å². The van der Waals surface area contributed by atoms with E-state index in [4.69, 9.17) is 9.84 Å². The minimum Gasteiger partial charge on any atom is -0.394 e. The van der Waals surface area contributed by atoms with E-state index in [0.717, 1.165) is 18.2 Å². The molecule has 1 atom stereocenters. The molecule has 1 fully saturated rings. The lowest BCUT2D eigenvalue weighted by atomic mass is 10.2. The van der Waals surface area contributed by atoms with Crippen molar-refractivity contribution >= 4 is 11.6 Å². The average molecular weight is 286 g/mol. The van der Waals surface area contributed by atoms with Gasteiger partial charge in [0.25, 0.3) is 0 Å². The maximum atomic E-state index is 13.0. The Kier molecular flexibility index (Phi) is 4.99. The van der Waals surface area contributed by atoms with Crippen molar-refractivity contribution in [2.45, 2.75) is 6.10 Å². The molecule has 1 unspecified atom stereocenters. The van der Waals surface area contributed by atoms with Gasteiger partial charge in [-0.1, -0.05) is 0 Å². The molecule has 2 N–H and O–H groups in total. The summed E-state index contributed by atoms with van der Waals surface area (Å²) < 4.78 is 31.2. The molecule has 0 aromatic heterocycles. The highest BCUT2D eigenvalue weighted by atomic mass is 19.1. The van der Waals surface area contributed by atoms with Crippen molar-refractivity contribution in [2.24, 2.45) is 0 Å². The highest BCUT2D eigenvalue weighted by Crippen LogP contribution is 2.13. The van der Waals surface area contributed by atoms with Gasteiger partial charge < -0.3 is 15.2 Å². The summed E-state index contributed by atoms with van der Waals surface area (Å²) in [6, 6.07) is 2.84. The van der Waals surface area contributed by atoms with Crippen LogP contribution in [0.4, 0.5) is 14.5 Å². The molecule has 1 aromatic carbocycles. The van der Waals surface area contributed by atoms with Gasteiger partial charge in [0, 0.05) is 24.8 Å². The second-order valence-electron chi connectivity index (χ2n) is 4.62. The summed E-state index contributed by atoms with van der Waals surface area (Å²) in [5.74, 6) is -1.85. The van der Waals surface area contributed by atoms with Gasteiger partial charge in [0.1, 0.15) is 11.6 Å². The molecule has 2 rings (SSSR count). The number of aliphatic hydroxyl groups is 1. The number of nitrogens with zero attached hydrogens (tertiary/aromatic N) is 1. The normalized spacial score (nSPS) is 19.9. The average Bonchev–Trinajstić information content (AvgIpc) is 2.37. The first-order chi connectivity index (χ1) is 9.56. The van der Waals surface area contributed by atoms with E-state index in [-0.39, 0.29) is 30.9 Å². The van der Waals surface area contributed by atoms with Gasteiger partial charge in [-0.2, -0.15) is 0 Å². The van der Waals surface area contributed by atoms with Crippen molar-refractivity contribution in [2.75, 3.05) is 38.2 Å². The van der Waals surface area contributed by atoms with Crippen LogP contribution in [0.15, 0.2) is 18.2 Å². The van der Waals surface area contributed by atoms with Crippen LogP contribution in [0.5, 0.6) is 0 Å². The number of aliphatic hydroxyl groups excluding tert-OH is 1. The second kappa shape index (κ2) is 6.74. The summed E-state index contributed by atoms with van der Waals surface area (Å²) in [6.45, 7) is 1.43. The van der Waals surface area contributed by atoms with E-state index in [2.05, 4.69) is 5.32 Å². The Balaban J connectivity index is 1.88. The Morgan fingerprint density at radius 2 is 2.10 bits per heavy atom. The number of amides is 1.